The largest absolute Gasteiger partial charge is 0.504 e. The summed E-state index contributed by atoms with van der Waals surface area (Å²) in [7, 11) is 1.46. The zero-order valence-electron chi connectivity index (χ0n) is 15.3. The first-order chi connectivity index (χ1) is 13.0. The lowest BCUT2D eigenvalue weighted by molar-refractivity contribution is 0.374. The maximum atomic E-state index is 14.5. The Balaban J connectivity index is 1.60. The number of nitrogens with one attached hydrogen (secondary N) is 1. The number of anilines is 1. The number of fused-ring (bicyclic) bond motifs is 1. The molecule has 0 saturated heterocycles. The van der Waals surface area contributed by atoms with E-state index in [1.165, 1.54) is 32.1 Å². The molecule has 140 valence electrons. The standard InChI is InChI=1S/C21H21FN2O3/c1-21(6-7-21)12-24-13-3-4-19(15(22)9-13)27-18-5-8-23-16-11-17(25)20(26-2)10-14(16)18/h3-5,8-11,24-25H,6-7,12H2,1-2H3. The van der Waals surface area contributed by atoms with Crippen molar-refractivity contribution in [3.63, 3.8) is 0 Å². The van der Waals surface area contributed by atoms with E-state index in [4.69, 9.17) is 9.47 Å². The lowest BCUT2D eigenvalue weighted by atomic mass is 10.1. The van der Waals surface area contributed by atoms with E-state index < -0.39 is 5.82 Å². The molecule has 27 heavy (non-hydrogen) atoms. The van der Waals surface area contributed by atoms with Crippen LogP contribution in [0.1, 0.15) is 19.8 Å². The zero-order valence-corrected chi connectivity index (χ0v) is 15.3. The van der Waals surface area contributed by atoms with E-state index in [-0.39, 0.29) is 11.5 Å². The molecule has 3 aromatic rings. The Morgan fingerprint density at radius 1 is 1.15 bits per heavy atom. The van der Waals surface area contributed by atoms with Gasteiger partial charge in [-0.1, -0.05) is 6.92 Å². The van der Waals surface area contributed by atoms with Crippen molar-refractivity contribution in [3.05, 3.63) is 48.4 Å². The number of ether oxygens (including phenoxy) is 2. The molecular formula is C21H21FN2O3. The number of pyridine rings is 1. The summed E-state index contributed by atoms with van der Waals surface area (Å²) >= 11 is 0. The van der Waals surface area contributed by atoms with Crippen LogP contribution in [0.2, 0.25) is 0 Å². The quantitative estimate of drug-likeness (QED) is 0.634. The van der Waals surface area contributed by atoms with Crippen LogP contribution < -0.4 is 14.8 Å². The third-order valence-electron chi connectivity index (χ3n) is 4.98. The van der Waals surface area contributed by atoms with E-state index in [0.29, 0.717) is 27.8 Å². The fourth-order valence-corrected chi connectivity index (χ4v) is 2.91. The van der Waals surface area contributed by atoms with Gasteiger partial charge in [-0.05, 0) is 42.5 Å². The number of aromatic nitrogens is 1. The number of nitrogens with zero attached hydrogens (tertiary/aromatic N) is 1. The van der Waals surface area contributed by atoms with Crippen LogP contribution in [-0.2, 0) is 0 Å². The van der Waals surface area contributed by atoms with Gasteiger partial charge in [-0.25, -0.2) is 4.39 Å². The number of benzene rings is 2. The highest BCUT2D eigenvalue weighted by molar-refractivity contribution is 5.88. The van der Waals surface area contributed by atoms with Crippen molar-refractivity contribution in [3.8, 4) is 23.0 Å². The van der Waals surface area contributed by atoms with Gasteiger partial charge in [0.2, 0.25) is 0 Å². The molecule has 0 amide bonds. The summed E-state index contributed by atoms with van der Waals surface area (Å²) in [5.41, 5.74) is 1.60. The molecule has 2 N–H and O–H groups in total. The van der Waals surface area contributed by atoms with Crippen molar-refractivity contribution in [2.45, 2.75) is 19.8 Å². The highest BCUT2D eigenvalue weighted by Gasteiger charge is 2.36. The van der Waals surface area contributed by atoms with Crippen LogP contribution in [0.25, 0.3) is 10.9 Å². The average molecular weight is 368 g/mol. The lowest BCUT2D eigenvalue weighted by Gasteiger charge is -2.14. The molecule has 1 heterocycles. The van der Waals surface area contributed by atoms with Crippen molar-refractivity contribution >= 4 is 16.6 Å². The van der Waals surface area contributed by atoms with Crippen LogP contribution in [0.4, 0.5) is 10.1 Å². The molecule has 2 aromatic carbocycles. The second kappa shape index (κ2) is 6.61. The summed E-state index contributed by atoms with van der Waals surface area (Å²) < 4.78 is 25.5. The van der Waals surface area contributed by atoms with Crippen LogP contribution in [0.15, 0.2) is 42.6 Å². The smallest absolute Gasteiger partial charge is 0.167 e. The zero-order chi connectivity index (χ0) is 19.0. The molecule has 1 aliphatic carbocycles. The Hall–Kier alpha value is -3.02. The number of hydrogen-bond donors (Lipinski definition) is 2. The Morgan fingerprint density at radius 2 is 1.96 bits per heavy atom. The maximum Gasteiger partial charge on any atom is 0.167 e. The molecule has 4 rings (SSSR count). The fraction of sp³-hybridized carbons (Fsp3) is 0.286. The average Bonchev–Trinajstić information content (AvgIpc) is 3.39. The first-order valence-electron chi connectivity index (χ1n) is 8.84. The molecule has 0 bridgehead atoms. The second-order valence-corrected chi connectivity index (χ2v) is 7.26. The summed E-state index contributed by atoms with van der Waals surface area (Å²) in [4.78, 5) is 4.21. The van der Waals surface area contributed by atoms with Crippen LogP contribution in [-0.4, -0.2) is 23.7 Å². The number of phenolic OH excluding ortho intramolecular Hbond substituents is 1. The summed E-state index contributed by atoms with van der Waals surface area (Å²) in [5, 5.41) is 13.8. The van der Waals surface area contributed by atoms with Crippen molar-refractivity contribution < 1.29 is 19.0 Å². The van der Waals surface area contributed by atoms with Crippen LogP contribution in [0.5, 0.6) is 23.0 Å². The van der Waals surface area contributed by atoms with E-state index in [2.05, 4.69) is 17.2 Å². The van der Waals surface area contributed by atoms with E-state index >= 15 is 0 Å². The predicted octanol–water partition coefficient (Wildman–Crippen LogP) is 5.09. The third kappa shape index (κ3) is 3.60. The van der Waals surface area contributed by atoms with E-state index in [9.17, 15) is 9.50 Å². The van der Waals surface area contributed by atoms with Crippen LogP contribution >= 0.6 is 0 Å². The van der Waals surface area contributed by atoms with Gasteiger partial charge in [-0.15, -0.1) is 0 Å². The fourth-order valence-electron chi connectivity index (χ4n) is 2.91. The number of rotatable bonds is 6. The van der Waals surface area contributed by atoms with E-state index in [1.54, 1.807) is 30.5 Å². The summed E-state index contributed by atoms with van der Waals surface area (Å²) in [5.74, 6) is 0.396. The molecule has 1 fully saturated rings. The van der Waals surface area contributed by atoms with Gasteiger partial charge < -0.3 is 19.9 Å². The minimum atomic E-state index is -0.448. The normalized spacial score (nSPS) is 14.8. The summed E-state index contributed by atoms with van der Waals surface area (Å²) in [6, 6.07) is 9.62. The molecule has 0 radical (unpaired) electrons. The molecule has 1 aliphatic rings. The summed E-state index contributed by atoms with van der Waals surface area (Å²) in [6.45, 7) is 3.05. The van der Waals surface area contributed by atoms with E-state index in [1.807, 2.05) is 0 Å². The molecule has 5 nitrogen and oxygen atoms in total. The number of halogens is 1. The lowest BCUT2D eigenvalue weighted by Crippen LogP contribution is -2.11. The van der Waals surface area contributed by atoms with Crippen molar-refractivity contribution in [2.24, 2.45) is 5.41 Å². The topological polar surface area (TPSA) is 63.6 Å². The predicted molar refractivity (Wildman–Crippen MR) is 102 cm³/mol. The van der Waals surface area contributed by atoms with Gasteiger partial charge in [0.25, 0.3) is 0 Å². The molecule has 1 saturated carbocycles. The van der Waals surface area contributed by atoms with Gasteiger partial charge in [0.1, 0.15) is 5.75 Å². The Morgan fingerprint density at radius 3 is 2.67 bits per heavy atom. The molecule has 0 spiro atoms. The minimum absolute atomic E-state index is 0.0133. The molecular weight excluding hydrogens is 347 g/mol. The first-order valence-corrected chi connectivity index (χ1v) is 8.84. The van der Waals surface area contributed by atoms with Gasteiger partial charge in [0, 0.05) is 35.9 Å². The van der Waals surface area contributed by atoms with Gasteiger partial charge in [-0.3, -0.25) is 4.98 Å². The Bertz CT molecular complexity index is 1000. The Labute approximate surface area is 156 Å². The highest BCUT2D eigenvalue weighted by Crippen LogP contribution is 2.45. The Kier molecular flexibility index (Phi) is 4.26. The third-order valence-corrected chi connectivity index (χ3v) is 4.98. The number of methoxy groups -OCH3 is 1. The van der Waals surface area contributed by atoms with Crippen LogP contribution in [0, 0.1) is 11.2 Å². The number of aromatic hydroxyl groups is 1. The van der Waals surface area contributed by atoms with Crippen molar-refractivity contribution in [1.29, 1.82) is 0 Å². The molecule has 0 atom stereocenters. The SMILES string of the molecule is COc1cc2c(Oc3ccc(NCC4(C)CC4)cc3F)ccnc2cc1O. The molecule has 0 aliphatic heterocycles. The highest BCUT2D eigenvalue weighted by atomic mass is 19.1. The van der Waals surface area contributed by atoms with Gasteiger partial charge >= 0.3 is 0 Å². The first kappa shape index (κ1) is 17.4. The molecule has 6 heteroatoms. The molecule has 1 aromatic heterocycles. The minimum Gasteiger partial charge on any atom is -0.504 e. The molecule has 0 unspecified atom stereocenters. The summed E-state index contributed by atoms with van der Waals surface area (Å²) in [6.07, 6.45) is 3.96. The van der Waals surface area contributed by atoms with E-state index in [0.717, 1.165) is 12.2 Å². The van der Waals surface area contributed by atoms with Crippen molar-refractivity contribution in [2.75, 3.05) is 19.0 Å². The van der Waals surface area contributed by atoms with Gasteiger partial charge in [0.15, 0.2) is 23.1 Å². The van der Waals surface area contributed by atoms with Crippen molar-refractivity contribution in [1.82, 2.24) is 4.98 Å². The number of hydrogen-bond acceptors (Lipinski definition) is 5. The second-order valence-electron chi connectivity index (χ2n) is 7.26. The van der Waals surface area contributed by atoms with Gasteiger partial charge in [-0.2, -0.15) is 0 Å². The van der Waals surface area contributed by atoms with Gasteiger partial charge in [0.05, 0.1) is 12.6 Å². The monoisotopic (exact) mass is 368 g/mol. The van der Waals surface area contributed by atoms with Crippen LogP contribution in [0.3, 0.4) is 0 Å². The number of phenols is 1. The maximum absolute atomic E-state index is 14.5.